The van der Waals surface area contributed by atoms with E-state index in [2.05, 4.69) is 10.1 Å². The molecule has 0 heterocycles. The first-order valence-corrected chi connectivity index (χ1v) is 7.22. The molecular weight excluding hydrogens is 298 g/mol. The molecule has 0 amide bonds. The van der Waals surface area contributed by atoms with Gasteiger partial charge in [-0.3, -0.25) is 0 Å². The van der Waals surface area contributed by atoms with Crippen LogP contribution in [0.5, 0.6) is 0 Å². The monoisotopic (exact) mass is 315 g/mol. The lowest BCUT2D eigenvalue weighted by atomic mass is 10.2. The van der Waals surface area contributed by atoms with Crippen molar-refractivity contribution in [3.63, 3.8) is 0 Å². The van der Waals surface area contributed by atoms with Crippen molar-refractivity contribution in [1.82, 2.24) is 0 Å². The molecule has 0 atom stereocenters. The molecule has 0 aliphatic rings. The minimum Gasteiger partial charge on any atom is -0.858 e. The number of nitrogens with zero attached hydrogens (tertiary/aromatic N) is 3. The molecule has 0 saturated carbocycles. The highest BCUT2D eigenvalue weighted by atomic mass is 35.5. The highest BCUT2D eigenvalue weighted by Gasteiger charge is 2.10. The fourth-order valence-electron chi connectivity index (χ4n) is 1.77. The van der Waals surface area contributed by atoms with Crippen molar-refractivity contribution >= 4 is 23.3 Å². The van der Waals surface area contributed by atoms with E-state index in [0.717, 1.165) is 5.56 Å². The van der Waals surface area contributed by atoms with Crippen LogP contribution in [-0.4, -0.2) is 37.5 Å². The van der Waals surface area contributed by atoms with Gasteiger partial charge in [-0.15, -0.1) is 0 Å². The molecule has 0 aromatic heterocycles. The van der Waals surface area contributed by atoms with E-state index in [1.54, 1.807) is 24.3 Å². The second-order valence-corrected chi connectivity index (χ2v) is 6.09. The topological polar surface area (TPSA) is 47.8 Å². The van der Waals surface area contributed by atoms with E-state index in [-0.39, 0.29) is 5.90 Å². The van der Waals surface area contributed by atoms with Crippen LogP contribution in [0.1, 0.15) is 11.1 Å². The Bertz CT molecular complexity index is 686. The molecule has 0 radical (unpaired) electrons. The molecule has 0 saturated heterocycles. The SMILES string of the molecule is C[N+](C)(C)/N=C(/N=C([O-])c1ccc(Cl)cc1)c1ccccc1. The maximum atomic E-state index is 12.3. The zero-order chi connectivity index (χ0) is 16.2. The van der Waals surface area contributed by atoms with Gasteiger partial charge in [0.05, 0.1) is 21.1 Å². The van der Waals surface area contributed by atoms with E-state index in [1.165, 1.54) is 0 Å². The van der Waals surface area contributed by atoms with Gasteiger partial charge < -0.3 is 5.11 Å². The number of hydrogen-bond donors (Lipinski definition) is 0. The van der Waals surface area contributed by atoms with Crippen LogP contribution in [0, 0.1) is 0 Å². The van der Waals surface area contributed by atoms with Gasteiger partial charge in [0.15, 0.2) is 0 Å². The minimum absolute atomic E-state index is 0.321. The van der Waals surface area contributed by atoms with E-state index >= 15 is 0 Å². The third-order valence-corrected chi connectivity index (χ3v) is 2.98. The standard InChI is InChI=1S/C17H18ClN3O/c1-21(2,3)20-16(13-7-5-4-6-8-13)19-17(22)14-9-11-15(18)12-10-14/h4-12H,1-3H3. The Morgan fingerprint density at radius 3 is 2.05 bits per heavy atom. The Morgan fingerprint density at radius 1 is 0.909 bits per heavy atom. The van der Waals surface area contributed by atoms with E-state index in [1.807, 2.05) is 51.5 Å². The van der Waals surface area contributed by atoms with E-state index in [4.69, 9.17) is 11.6 Å². The third-order valence-electron chi connectivity index (χ3n) is 2.73. The van der Waals surface area contributed by atoms with Gasteiger partial charge in [-0.25, -0.2) is 9.58 Å². The smallest absolute Gasteiger partial charge is 0.214 e. The van der Waals surface area contributed by atoms with Gasteiger partial charge >= 0.3 is 0 Å². The first kappa shape index (κ1) is 16.2. The van der Waals surface area contributed by atoms with Crippen LogP contribution in [0.15, 0.2) is 64.7 Å². The van der Waals surface area contributed by atoms with Crippen molar-refractivity contribution in [2.24, 2.45) is 10.1 Å². The zero-order valence-electron chi connectivity index (χ0n) is 12.8. The number of quaternary nitrogens is 1. The number of halogens is 1. The number of rotatable bonds is 3. The van der Waals surface area contributed by atoms with E-state index < -0.39 is 0 Å². The maximum Gasteiger partial charge on any atom is 0.214 e. The fraction of sp³-hybridized carbons (Fsp3) is 0.176. The van der Waals surface area contributed by atoms with Crippen LogP contribution < -0.4 is 5.11 Å². The van der Waals surface area contributed by atoms with Gasteiger partial charge in [-0.05, 0) is 23.6 Å². The summed E-state index contributed by atoms with van der Waals surface area (Å²) in [6.45, 7) is 0. The average molecular weight is 316 g/mol. The molecule has 4 nitrogen and oxygen atoms in total. The molecule has 5 heteroatoms. The highest BCUT2D eigenvalue weighted by Crippen LogP contribution is 2.11. The summed E-state index contributed by atoms with van der Waals surface area (Å²) in [7, 11) is 5.72. The van der Waals surface area contributed by atoms with Crippen LogP contribution >= 0.6 is 11.6 Å². The molecule has 0 unspecified atom stereocenters. The molecule has 0 aliphatic carbocycles. The number of aliphatic imine (C=N–C) groups is 1. The van der Waals surface area contributed by atoms with Crippen molar-refractivity contribution in [1.29, 1.82) is 0 Å². The normalized spacial score (nSPS) is 13.3. The summed E-state index contributed by atoms with van der Waals surface area (Å²) in [5, 5.41) is 17.4. The number of hydrogen-bond acceptors (Lipinski definition) is 2. The van der Waals surface area contributed by atoms with Gasteiger partial charge in [-0.1, -0.05) is 59.2 Å². The van der Waals surface area contributed by atoms with Gasteiger partial charge in [0.2, 0.25) is 5.84 Å². The van der Waals surface area contributed by atoms with E-state index in [0.29, 0.717) is 21.0 Å². The Kier molecular flexibility index (Phi) is 4.96. The number of amidine groups is 1. The second-order valence-electron chi connectivity index (χ2n) is 5.66. The van der Waals surface area contributed by atoms with Crippen molar-refractivity contribution < 1.29 is 9.70 Å². The summed E-state index contributed by atoms with van der Waals surface area (Å²) >= 11 is 5.84. The quantitative estimate of drug-likeness (QED) is 0.371. The van der Waals surface area contributed by atoms with Crippen LogP contribution in [0.2, 0.25) is 5.02 Å². The molecule has 0 aliphatic heterocycles. The molecule has 0 N–H and O–H groups in total. The summed E-state index contributed by atoms with van der Waals surface area (Å²) in [4.78, 5) is 4.18. The molecule has 0 spiro atoms. The molecular formula is C17H18ClN3O. The lowest BCUT2D eigenvalue weighted by Crippen LogP contribution is -2.30. The Hall–Kier alpha value is -2.17. The van der Waals surface area contributed by atoms with Crippen molar-refractivity contribution in [3.05, 3.63) is 70.7 Å². The largest absolute Gasteiger partial charge is 0.858 e. The maximum absolute atomic E-state index is 12.3. The summed E-state index contributed by atoms with van der Waals surface area (Å²) in [6.07, 6.45) is 0. The summed E-state index contributed by atoms with van der Waals surface area (Å²) in [6, 6.07) is 16.1. The van der Waals surface area contributed by atoms with Crippen molar-refractivity contribution in [3.8, 4) is 0 Å². The Balaban J connectivity index is 2.44. The van der Waals surface area contributed by atoms with E-state index in [9.17, 15) is 5.11 Å². The average Bonchev–Trinajstić information content (AvgIpc) is 2.47. The lowest BCUT2D eigenvalue weighted by Gasteiger charge is -2.18. The van der Waals surface area contributed by atoms with Gasteiger partial charge in [0.25, 0.3) is 0 Å². The molecule has 2 aromatic carbocycles. The third kappa shape index (κ3) is 4.69. The van der Waals surface area contributed by atoms with Crippen LogP contribution in [-0.2, 0) is 0 Å². The highest BCUT2D eigenvalue weighted by molar-refractivity contribution is 6.30. The van der Waals surface area contributed by atoms with Crippen LogP contribution in [0.4, 0.5) is 0 Å². The molecule has 2 aromatic rings. The predicted molar refractivity (Wildman–Crippen MR) is 89.0 cm³/mol. The zero-order valence-corrected chi connectivity index (χ0v) is 13.6. The fourth-order valence-corrected chi connectivity index (χ4v) is 1.90. The first-order valence-electron chi connectivity index (χ1n) is 6.84. The first-order chi connectivity index (χ1) is 10.3. The molecule has 0 bridgehead atoms. The van der Waals surface area contributed by atoms with Crippen LogP contribution in [0.3, 0.4) is 0 Å². The second kappa shape index (κ2) is 6.73. The summed E-state index contributed by atoms with van der Waals surface area (Å²) in [5.74, 6) is 0.0702. The minimum atomic E-state index is -0.340. The van der Waals surface area contributed by atoms with Crippen LogP contribution in [0.25, 0.3) is 0 Å². The lowest BCUT2D eigenvalue weighted by molar-refractivity contribution is -0.877. The number of benzene rings is 2. The molecule has 114 valence electrons. The van der Waals surface area contributed by atoms with Gasteiger partial charge in [0, 0.05) is 10.6 Å². The summed E-state index contributed by atoms with van der Waals surface area (Å²) in [5.41, 5.74) is 1.28. The summed E-state index contributed by atoms with van der Waals surface area (Å²) < 4.78 is 0.321. The predicted octanol–water partition coefficient (Wildman–Crippen LogP) is 2.51. The Labute approximate surface area is 135 Å². The molecule has 0 fully saturated rings. The molecule has 2 rings (SSSR count). The Morgan fingerprint density at radius 2 is 1.50 bits per heavy atom. The van der Waals surface area contributed by atoms with Gasteiger partial charge in [-0.2, -0.15) is 0 Å². The molecule has 22 heavy (non-hydrogen) atoms. The van der Waals surface area contributed by atoms with Crippen molar-refractivity contribution in [2.75, 3.05) is 21.1 Å². The van der Waals surface area contributed by atoms with Crippen molar-refractivity contribution in [2.45, 2.75) is 0 Å². The van der Waals surface area contributed by atoms with Gasteiger partial charge in [0.1, 0.15) is 0 Å².